The molecule has 5 aromatic rings. The third kappa shape index (κ3) is 3.44. The molecule has 0 unspecified atom stereocenters. The standard InChI is InChI=1S/C24H16N2O3S/c27-24(28)15-9-10-19-21(13-15)26-23(20-11-12-30-22(19)20)25-16-5-4-8-18(14-16)29-17-6-2-1-3-7-17/h1-14H,(H,25,26)(H,27,28). The van der Waals surface area contributed by atoms with Crippen LogP contribution >= 0.6 is 11.3 Å². The molecule has 3 aromatic carbocycles. The number of ether oxygens (including phenoxy) is 1. The molecule has 0 spiro atoms. The lowest BCUT2D eigenvalue weighted by Crippen LogP contribution is -1.98. The molecule has 30 heavy (non-hydrogen) atoms. The molecule has 0 radical (unpaired) electrons. The Bertz CT molecular complexity index is 1380. The SMILES string of the molecule is O=C(O)c1ccc2c(c1)nc(Nc1cccc(Oc3ccccc3)c1)c1ccsc12. The van der Waals surface area contributed by atoms with E-state index in [1.54, 1.807) is 23.5 Å². The van der Waals surface area contributed by atoms with Crippen molar-refractivity contribution in [1.29, 1.82) is 0 Å². The summed E-state index contributed by atoms with van der Waals surface area (Å²) in [5.41, 5.74) is 1.69. The first-order chi connectivity index (χ1) is 14.7. The number of aromatic nitrogens is 1. The minimum atomic E-state index is -0.967. The van der Waals surface area contributed by atoms with E-state index in [0.29, 0.717) is 17.1 Å². The van der Waals surface area contributed by atoms with E-state index in [4.69, 9.17) is 9.72 Å². The lowest BCUT2D eigenvalue weighted by atomic mass is 10.1. The van der Waals surface area contributed by atoms with Crippen LogP contribution in [0.4, 0.5) is 11.5 Å². The minimum absolute atomic E-state index is 0.218. The van der Waals surface area contributed by atoms with Crippen LogP contribution < -0.4 is 10.1 Å². The summed E-state index contributed by atoms with van der Waals surface area (Å²) in [7, 11) is 0. The van der Waals surface area contributed by atoms with Gasteiger partial charge < -0.3 is 15.2 Å². The highest BCUT2D eigenvalue weighted by molar-refractivity contribution is 7.18. The molecule has 0 aliphatic carbocycles. The molecule has 0 atom stereocenters. The summed E-state index contributed by atoms with van der Waals surface area (Å²) in [5.74, 6) is 1.19. The van der Waals surface area contributed by atoms with Crippen molar-refractivity contribution in [3.63, 3.8) is 0 Å². The van der Waals surface area contributed by atoms with Crippen molar-refractivity contribution in [3.05, 3.63) is 89.8 Å². The quantitative estimate of drug-likeness (QED) is 0.337. The third-order valence-electron chi connectivity index (χ3n) is 4.72. The van der Waals surface area contributed by atoms with Gasteiger partial charge in [-0.1, -0.05) is 30.3 Å². The number of hydrogen-bond donors (Lipinski definition) is 2. The van der Waals surface area contributed by atoms with Gasteiger partial charge in [0.05, 0.1) is 11.1 Å². The van der Waals surface area contributed by atoms with E-state index in [0.717, 1.165) is 26.9 Å². The maximum absolute atomic E-state index is 11.4. The summed E-state index contributed by atoms with van der Waals surface area (Å²) < 4.78 is 6.98. The van der Waals surface area contributed by atoms with Crippen molar-refractivity contribution in [2.75, 3.05) is 5.32 Å². The number of thiophene rings is 1. The highest BCUT2D eigenvalue weighted by Crippen LogP contribution is 2.35. The largest absolute Gasteiger partial charge is 0.478 e. The number of para-hydroxylation sites is 1. The van der Waals surface area contributed by atoms with Gasteiger partial charge in [-0.2, -0.15) is 0 Å². The average Bonchev–Trinajstić information content (AvgIpc) is 3.25. The van der Waals surface area contributed by atoms with Crippen molar-refractivity contribution < 1.29 is 14.6 Å². The zero-order valence-corrected chi connectivity index (χ0v) is 16.5. The summed E-state index contributed by atoms with van der Waals surface area (Å²) in [6, 6.07) is 24.3. The van der Waals surface area contributed by atoms with E-state index in [1.165, 1.54) is 0 Å². The Hall–Kier alpha value is -3.90. The van der Waals surface area contributed by atoms with Crippen LogP contribution in [0, 0.1) is 0 Å². The number of benzene rings is 3. The number of rotatable bonds is 5. The Morgan fingerprint density at radius 3 is 2.57 bits per heavy atom. The van der Waals surface area contributed by atoms with E-state index in [-0.39, 0.29) is 5.56 Å². The van der Waals surface area contributed by atoms with Crippen LogP contribution in [0.15, 0.2) is 84.2 Å². The van der Waals surface area contributed by atoms with Crippen LogP contribution in [0.5, 0.6) is 11.5 Å². The molecule has 2 heterocycles. The van der Waals surface area contributed by atoms with Gasteiger partial charge in [-0.15, -0.1) is 11.3 Å². The molecule has 2 aromatic heterocycles. The molecule has 5 rings (SSSR count). The molecular weight excluding hydrogens is 396 g/mol. The maximum Gasteiger partial charge on any atom is 0.335 e. The van der Waals surface area contributed by atoms with Gasteiger partial charge in [-0.05, 0) is 47.8 Å². The van der Waals surface area contributed by atoms with Crippen LogP contribution in [-0.2, 0) is 0 Å². The zero-order valence-electron chi connectivity index (χ0n) is 15.7. The number of pyridine rings is 1. The molecule has 146 valence electrons. The molecule has 0 saturated carbocycles. The van der Waals surface area contributed by atoms with Crippen LogP contribution in [0.1, 0.15) is 10.4 Å². The number of nitrogens with one attached hydrogen (secondary N) is 1. The summed E-state index contributed by atoms with van der Waals surface area (Å²) in [6.45, 7) is 0. The first-order valence-corrected chi connectivity index (χ1v) is 10.2. The number of carboxylic acid groups (broad SMARTS) is 1. The van der Waals surface area contributed by atoms with Gasteiger partial charge in [-0.25, -0.2) is 9.78 Å². The molecule has 0 amide bonds. The summed E-state index contributed by atoms with van der Waals surface area (Å²) in [6.07, 6.45) is 0. The van der Waals surface area contributed by atoms with Gasteiger partial charge in [0.25, 0.3) is 0 Å². The molecule has 0 fully saturated rings. The minimum Gasteiger partial charge on any atom is -0.478 e. The average molecular weight is 412 g/mol. The zero-order chi connectivity index (χ0) is 20.5. The second-order valence-electron chi connectivity index (χ2n) is 6.73. The Labute approximate surface area is 176 Å². The molecule has 0 bridgehead atoms. The number of nitrogens with zero attached hydrogens (tertiary/aromatic N) is 1. The molecule has 5 nitrogen and oxygen atoms in total. The molecule has 6 heteroatoms. The Morgan fingerprint density at radius 2 is 1.73 bits per heavy atom. The van der Waals surface area contributed by atoms with Crippen LogP contribution in [-0.4, -0.2) is 16.1 Å². The van der Waals surface area contributed by atoms with Crippen molar-refractivity contribution in [2.45, 2.75) is 0 Å². The van der Waals surface area contributed by atoms with E-state index in [1.807, 2.05) is 72.1 Å². The van der Waals surface area contributed by atoms with Crippen LogP contribution in [0.2, 0.25) is 0 Å². The second kappa shape index (κ2) is 7.50. The normalized spacial score (nSPS) is 10.9. The maximum atomic E-state index is 11.4. The highest BCUT2D eigenvalue weighted by Gasteiger charge is 2.12. The smallest absolute Gasteiger partial charge is 0.335 e. The number of fused-ring (bicyclic) bond motifs is 3. The van der Waals surface area contributed by atoms with Gasteiger partial charge >= 0.3 is 5.97 Å². The fourth-order valence-electron chi connectivity index (χ4n) is 3.33. The second-order valence-corrected chi connectivity index (χ2v) is 7.64. The first kappa shape index (κ1) is 18.1. The number of carboxylic acids is 1. The Kier molecular flexibility index (Phi) is 4.53. The fourth-order valence-corrected chi connectivity index (χ4v) is 4.26. The van der Waals surface area contributed by atoms with Gasteiger partial charge in [0.1, 0.15) is 17.3 Å². The molecule has 0 aliphatic heterocycles. The third-order valence-corrected chi connectivity index (χ3v) is 5.67. The number of anilines is 2. The highest BCUT2D eigenvalue weighted by atomic mass is 32.1. The van der Waals surface area contributed by atoms with Crippen molar-refractivity contribution in [2.24, 2.45) is 0 Å². The van der Waals surface area contributed by atoms with Crippen LogP contribution in [0.25, 0.3) is 21.0 Å². The fraction of sp³-hybridized carbons (Fsp3) is 0. The number of hydrogen-bond acceptors (Lipinski definition) is 5. The van der Waals surface area contributed by atoms with E-state index < -0.39 is 5.97 Å². The van der Waals surface area contributed by atoms with E-state index in [2.05, 4.69) is 5.32 Å². The summed E-state index contributed by atoms with van der Waals surface area (Å²) in [5, 5.41) is 16.6. The molecule has 2 N–H and O–H groups in total. The van der Waals surface area contributed by atoms with Crippen molar-refractivity contribution in [1.82, 2.24) is 4.98 Å². The van der Waals surface area contributed by atoms with Gasteiger partial charge in [0, 0.05) is 27.2 Å². The lowest BCUT2D eigenvalue weighted by Gasteiger charge is -2.11. The lowest BCUT2D eigenvalue weighted by molar-refractivity contribution is 0.0697. The number of aromatic carboxylic acids is 1. The topological polar surface area (TPSA) is 71.5 Å². The molecule has 0 aliphatic rings. The molecule has 0 saturated heterocycles. The molecular formula is C24H16N2O3S. The Balaban J connectivity index is 1.53. The van der Waals surface area contributed by atoms with Gasteiger partial charge in [0.15, 0.2) is 0 Å². The van der Waals surface area contributed by atoms with Crippen molar-refractivity contribution >= 4 is 49.8 Å². The van der Waals surface area contributed by atoms with E-state index >= 15 is 0 Å². The van der Waals surface area contributed by atoms with Crippen LogP contribution in [0.3, 0.4) is 0 Å². The predicted molar refractivity (Wildman–Crippen MR) is 120 cm³/mol. The van der Waals surface area contributed by atoms with Gasteiger partial charge in [0.2, 0.25) is 0 Å². The monoisotopic (exact) mass is 412 g/mol. The van der Waals surface area contributed by atoms with Crippen molar-refractivity contribution in [3.8, 4) is 11.5 Å². The Morgan fingerprint density at radius 1 is 0.900 bits per heavy atom. The van der Waals surface area contributed by atoms with E-state index in [9.17, 15) is 9.90 Å². The summed E-state index contributed by atoms with van der Waals surface area (Å²) >= 11 is 1.61. The first-order valence-electron chi connectivity index (χ1n) is 9.32. The predicted octanol–water partition coefficient (Wildman–Crippen LogP) is 6.68. The van der Waals surface area contributed by atoms with Gasteiger partial charge in [-0.3, -0.25) is 0 Å². The summed E-state index contributed by atoms with van der Waals surface area (Å²) in [4.78, 5) is 16.1. The number of carbonyl (C=O) groups is 1.